The Kier molecular flexibility index (Phi) is 8.65. The average Bonchev–Trinajstić information content (AvgIpc) is 2.89. The molecule has 0 aliphatic rings. The van der Waals surface area contributed by atoms with Gasteiger partial charge in [-0.3, -0.25) is 4.79 Å². The number of esters is 3. The standard InChI is InChI=1S/C18H23NO8S/c1-6-25-16(22)12(17(23)26-7-2)13(20)11-9(4)10(5)28-15(11)19-14(21)18(24)27-8-3/h20H,6-8H2,1-5H3,(H,19,21). The third-order valence-corrected chi connectivity index (χ3v) is 4.63. The molecule has 0 aromatic carbocycles. The van der Waals surface area contributed by atoms with E-state index in [1.54, 1.807) is 34.6 Å². The first-order chi connectivity index (χ1) is 13.2. The van der Waals surface area contributed by atoms with E-state index in [4.69, 9.17) is 9.47 Å². The zero-order valence-corrected chi connectivity index (χ0v) is 17.2. The van der Waals surface area contributed by atoms with Gasteiger partial charge < -0.3 is 24.6 Å². The fourth-order valence-electron chi connectivity index (χ4n) is 2.16. The van der Waals surface area contributed by atoms with Crippen LogP contribution in [0.1, 0.15) is 36.8 Å². The number of carbonyl (C=O) groups is 4. The predicted molar refractivity (Wildman–Crippen MR) is 102 cm³/mol. The number of rotatable bonds is 7. The highest BCUT2D eigenvalue weighted by atomic mass is 32.1. The van der Waals surface area contributed by atoms with E-state index >= 15 is 0 Å². The van der Waals surface area contributed by atoms with E-state index < -0.39 is 35.1 Å². The Labute approximate surface area is 166 Å². The molecule has 0 aliphatic heterocycles. The van der Waals surface area contributed by atoms with Gasteiger partial charge in [-0.25, -0.2) is 14.4 Å². The molecule has 0 aliphatic carbocycles. The van der Waals surface area contributed by atoms with E-state index in [2.05, 4.69) is 10.1 Å². The lowest BCUT2D eigenvalue weighted by molar-refractivity contribution is -0.152. The van der Waals surface area contributed by atoms with Crippen molar-refractivity contribution < 1.29 is 38.5 Å². The number of carbonyl (C=O) groups excluding carboxylic acids is 4. The summed E-state index contributed by atoms with van der Waals surface area (Å²) in [6, 6.07) is 0. The van der Waals surface area contributed by atoms with E-state index in [1.165, 1.54) is 0 Å². The van der Waals surface area contributed by atoms with Gasteiger partial charge in [0.1, 0.15) is 10.8 Å². The van der Waals surface area contributed by atoms with Crippen LogP contribution in [0.2, 0.25) is 0 Å². The third-order valence-electron chi connectivity index (χ3n) is 3.51. The predicted octanol–water partition coefficient (Wildman–Crippen LogP) is 2.26. The van der Waals surface area contributed by atoms with Gasteiger partial charge in [-0.1, -0.05) is 0 Å². The first kappa shape index (κ1) is 23.2. The first-order valence-corrected chi connectivity index (χ1v) is 9.36. The van der Waals surface area contributed by atoms with E-state index in [9.17, 15) is 24.3 Å². The van der Waals surface area contributed by atoms with Crippen LogP contribution in [0.4, 0.5) is 5.00 Å². The molecule has 0 unspecified atom stereocenters. The number of ether oxygens (including phenoxy) is 3. The number of anilines is 1. The summed E-state index contributed by atoms with van der Waals surface area (Å²) in [5.74, 6) is -4.99. The topological polar surface area (TPSA) is 128 Å². The molecule has 0 spiro atoms. The lowest BCUT2D eigenvalue weighted by Gasteiger charge is -2.11. The summed E-state index contributed by atoms with van der Waals surface area (Å²) < 4.78 is 14.3. The Morgan fingerprint density at radius 1 is 0.893 bits per heavy atom. The van der Waals surface area contributed by atoms with Crippen molar-refractivity contribution in [3.8, 4) is 0 Å². The highest BCUT2D eigenvalue weighted by Crippen LogP contribution is 2.38. The van der Waals surface area contributed by atoms with Crippen LogP contribution < -0.4 is 5.32 Å². The van der Waals surface area contributed by atoms with Crippen molar-refractivity contribution in [2.45, 2.75) is 34.6 Å². The molecular formula is C18H23NO8S. The Balaban J connectivity index is 3.50. The fourth-order valence-corrected chi connectivity index (χ4v) is 3.22. The molecule has 10 heteroatoms. The number of aryl methyl sites for hydroxylation is 1. The van der Waals surface area contributed by atoms with Crippen molar-refractivity contribution in [1.29, 1.82) is 0 Å². The molecule has 1 aromatic rings. The van der Waals surface area contributed by atoms with Crippen molar-refractivity contribution >= 4 is 45.9 Å². The molecule has 0 bridgehead atoms. The Bertz CT molecular complexity index is 789. The summed E-state index contributed by atoms with van der Waals surface area (Å²) in [5, 5.41) is 13.1. The van der Waals surface area contributed by atoms with Crippen LogP contribution in [0.25, 0.3) is 5.76 Å². The molecule has 0 radical (unpaired) electrons. The molecular weight excluding hydrogens is 390 g/mol. The maximum absolute atomic E-state index is 12.2. The number of aliphatic hydroxyl groups excluding tert-OH is 1. The largest absolute Gasteiger partial charge is 0.506 e. The number of nitrogens with one attached hydrogen (secondary N) is 1. The first-order valence-electron chi connectivity index (χ1n) is 8.55. The van der Waals surface area contributed by atoms with Gasteiger partial charge in [0.25, 0.3) is 0 Å². The maximum Gasteiger partial charge on any atom is 0.397 e. The Morgan fingerprint density at radius 3 is 1.82 bits per heavy atom. The lowest BCUT2D eigenvalue weighted by atomic mass is 10.1. The highest BCUT2D eigenvalue weighted by Gasteiger charge is 2.31. The second-order valence-electron chi connectivity index (χ2n) is 5.33. The van der Waals surface area contributed by atoms with E-state index in [0.29, 0.717) is 10.4 Å². The van der Waals surface area contributed by atoms with E-state index in [-0.39, 0.29) is 30.4 Å². The summed E-state index contributed by atoms with van der Waals surface area (Å²) in [6.45, 7) is 7.95. The van der Waals surface area contributed by atoms with Crippen molar-refractivity contribution in [3.63, 3.8) is 0 Å². The molecule has 9 nitrogen and oxygen atoms in total. The van der Waals surface area contributed by atoms with Crippen molar-refractivity contribution in [1.82, 2.24) is 0 Å². The van der Waals surface area contributed by atoms with Gasteiger partial charge in [0.2, 0.25) is 0 Å². The summed E-state index contributed by atoms with van der Waals surface area (Å²) in [7, 11) is 0. The van der Waals surface area contributed by atoms with Crippen LogP contribution in [0.5, 0.6) is 0 Å². The molecule has 1 rings (SSSR count). The van der Waals surface area contributed by atoms with E-state index in [0.717, 1.165) is 11.3 Å². The summed E-state index contributed by atoms with van der Waals surface area (Å²) in [6.07, 6.45) is 0. The number of hydrogen-bond donors (Lipinski definition) is 2. The summed E-state index contributed by atoms with van der Waals surface area (Å²) >= 11 is 1.06. The molecule has 2 N–H and O–H groups in total. The third kappa shape index (κ3) is 5.32. The fraction of sp³-hybridized carbons (Fsp3) is 0.444. The minimum Gasteiger partial charge on any atom is -0.506 e. The van der Waals surface area contributed by atoms with Crippen molar-refractivity contribution in [2.75, 3.05) is 25.1 Å². The lowest BCUT2D eigenvalue weighted by Crippen LogP contribution is -2.25. The molecule has 0 atom stereocenters. The van der Waals surface area contributed by atoms with Crippen LogP contribution in [0.15, 0.2) is 5.57 Å². The Hall–Kier alpha value is -2.88. The van der Waals surface area contributed by atoms with Crippen LogP contribution >= 0.6 is 11.3 Å². The van der Waals surface area contributed by atoms with E-state index in [1.807, 2.05) is 0 Å². The van der Waals surface area contributed by atoms with Gasteiger partial charge in [0.15, 0.2) is 5.57 Å². The van der Waals surface area contributed by atoms with Crippen LogP contribution in [0, 0.1) is 13.8 Å². The molecule has 0 fully saturated rings. The van der Waals surface area contributed by atoms with Crippen LogP contribution in [-0.2, 0) is 33.4 Å². The second-order valence-corrected chi connectivity index (χ2v) is 6.55. The van der Waals surface area contributed by atoms with Crippen molar-refractivity contribution in [3.05, 3.63) is 21.6 Å². The van der Waals surface area contributed by atoms with Crippen LogP contribution in [-0.4, -0.2) is 48.7 Å². The Morgan fingerprint density at radius 2 is 1.36 bits per heavy atom. The van der Waals surface area contributed by atoms with Gasteiger partial charge in [-0.05, 0) is 40.2 Å². The molecule has 0 saturated carbocycles. The quantitative estimate of drug-likeness (QED) is 0.132. The van der Waals surface area contributed by atoms with Crippen molar-refractivity contribution in [2.24, 2.45) is 0 Å². The minimum absolute atomic E-state index is 0.0165. The molecule has 1 heterocycles. The molecule has 0 saturated heterocycles. The zero-order valence-electron chi connectivity index (χ0n) is 16.3. The number of amides is 1. The van der Waals surface area contributed by atoms with Crippen LogP contribution in [0.3, 0.4) is 0 Å². The maximum atomic E-state index is 12.2. The van der Waals surface area contributed by atoms with Gasteiger partial charge in [-0.2, -0.15) is 0 Å². The van der Waals surface area contributed by atoms with Gasteiger partial charge in [0.05, 0.1) is 25.4 Å². The smallest absolute Gasteiger partial charge is 0.397 e. The zero-order chi connectivity index (χ0) is 21.4. The molecule has 1 aromatic heterocycles. The summed E-state index contributed by atoms with van der Waals surface area (Å²) in [4.78, 5) is 48.7. The van der Waals surface area contributed by atoms with Gasteiger partial charge in [-0.15, -0.1) is 11.3 Å². The second kappa shape index (κ2) is 10.5. The highest BCUT2D eigenvalue weighted by molar-refractivity contribution is 7.16. The molecule has 28 heavy (non-hydrogen) atoms. The average molecular weight is 413 g/mol. The number of thiophene rings is 1. The number of aliphatic hydroxyl groups is 1. The minimum atomic E-state index is -1.10. The summed E-state index contributed by atoms with van der Waals surface area (Å²) in [5.41, 5.74) is -0.166. The SMILES string of the molecule is CCOC(=O)C(=O)Nc1sc(C)c(C)c1C(O)=C(C(=O)OCC)C(=O)OCC. The molecule has 1 amide bonds. The normalized spacial score (nSPS) is 10.0. The number of hydrogen-bond acceptors (Lipinski definition) is 9. The van der Waals surface area contributed by atoms with Gasteiger partial charge in [0, 0.05) is 4.88 Å². The molecule has 154 valence electrons. The van der Waals surface area contributed by atoms with Gasteiger partial charge >= 0.3 is 23.8 Å². The monoisotopic (exact) mass is 413 g/mol.